The second-order valence-corrected chi connectivity index (χ2v) is 6.51. The molecule has 1 aromatic carbocycles. The number of amides is 1. The van der Waals surface area contributed by atoms with Gasteiger partial charge in [0, 0.05) is 26.2 Å². The lowest BCUT2D eigenvalue weighted by molar-refractivity contribution is -0.141. The number of rotatable bonds is 4. The van der Waals surface area contributed by atoms with Crippen LogP contribution >= 0.6 is 0 Å². The lowest BCUT2D eigenvalue weighted by Crippen LogP contribution is -2.52. The molecule has 1 aliphatic rings. The number of hydrogen-bond acceptors (Lipinski definition) is 3. The molecule has 1 aromatic rings. The normalized spacial score (nSPS) is 16.7. The zero-order valence-electron chi connectivity index (χ0n) is 14.4. The van der Waals surface area contributed by atoms with Crippen LogP contribution < -0.4 is 10.1 Å². The van der Waals surface area contributed by atoms with Crippen molar-refractivity contribution in [2.24, 2.45) is 5.92 Å². The molecule has 4 nitrogen and oxygen atoms in total. The molecule has 2 rings (SSSR count). The Hall–Kier alpha value is -1.55. The third kappa shape index (κ3) is 3.61. The van der Waals surface area contributed by atoms with E-state index in [1.54, 1.807) is 0 Å². The third-order valence-corrected chi connectivity index (χ3v) is 4.40. The Bertz CT molecular complexity index is 534. The Balaban J connectivity index is 2.22. The van der Waals surface area contributed by atoms with Gasteiger partial charge in [-0.05, 0) is 43.4 Å². The molecule has 1 unspecified atom stereocenters. The summed E-state index contributed by atoms with van der Waals surface area (Å²) in [6, 6.07) is 4.16. The fraction of sp³-hybridized carbons (Fsp3) is 0.611. The first-order valence-electron chi connectivity index (χ1n) is 8.14. The number of benzene rings is 1. The molecule has 0 bridgehead atoms. The summed E-state index contributed by atoms with van der Waals surface area (Å²) in [5, 5.41) is 3.28. The lowest BCUT2D eigenvalue weighted by Gasteiger charge is -2.33. The van der Waals surface area contributed by atoms with Crippen molar-refractivity contribution in [3.8, 4) is 5.75 Å². The van der Waals surface area contributed by atoms with E-state index in [2.05, 4.69) is 31.3 Å². The molecule has 1 amide bonds. The summed E-state index contributed by atoms with van der Waals surface area (Å²) >= 11 is 0. The maximum atomic E-state index is 12.8. The van der Waals surface area contributed by atoms with Gasteiger partial charge < -0.3 is 15.0 Å². The Kier molecular flexibility index (Phi) is 5.46. The summed E-state index contributed by atoms with van der Waals surface area (Å²) in [4.78, 5) is 14.7. The Morgan fingerprint density at radius 2 is 1.73 bits per heavy atom. The average molecular weight is 304 g/mol. The summed E-state index contributed by atoms with van der Waals surface area (Å²) in [7, 11) is 0. The lowest BCUT2D eigenvalue weighted by atomic mass is 10.0. The van der Waals surface area contributed by atoms with Crippen LogP contribution in [-0.4, -0.2) is 43.1 Å². The number of ether oxygens (including phenoxy) is 1. The smallest absolute Gasteiger partial charge is 0.264 e. The van der Waals surface area contributed by atoms with Crippen molar-refractivity contribution in [3.63, 3.8) is 0 Å². The van der Waals surface area contributed by atoms with Crippen molar-refractivity contribution in [1.82, 2.24) is 10.2 Å². The molecular weight excluding hydrogens is 276 g/mol. The summed E-state index contributed by atoms with van der Waals surface area (Å²) < 4.78 is 6.22. The zero-order chi connectivity index (χ0) is 16.3. The van der Waals surface area contributed by atoms with Crippen molar-refractivity contribution in [1.29, 1.82) is 0 Å². The highest BCUT2D eigenvalue weighted by molar-refractivity contribution is 5.81. The first-order chi connectivity index (χ1) is 10.4. The standard InChI is InChI=1S/C18H28N2O2/c1-12(2)16(18(21)20-10-8-19-9-11-20)22-17-14(4)7-6-13(3)15(17)5/h6-7,12,16,19H,8-11H2,1-5H3. The third-order valence-electron chi connectivity index (χ3n) is 4.40. The summed E-state index contributed by atoms with van der Waals surface area (Å²) in [6.45, 7) is 13.5. The number of carbonyl (C=O) groups is 1. The summed E-state index contributed by atoms with van der Waals surface area (Å²) in [5.41, 5.74) is 3.40. The second-order valence-electron chi connectivity index (χ2n) is 6.51. The van der Waals surface area contributed by atoms with Crippen LogP contribution in [0.2, 0.25) is 0 Å². The Morgan fingerprint density at radius 1 is 1.14 bits per heavy atom. The van der Waals surface area contributed by atoms with Gasteiger partial charge in [0.05, 0.1) is 0 Å². The van der Waals surface area contributed by atoms with Crippen molar-refractivity contribution < 1.29 is 9.53 Å². The summed E-state index contributed by atoms with van der Waals surface area (Å²) in [6.07, 6.45) is -0.419. The molecular formula is C18H28N2O2. The van der Waals surface area contributed by atoms with Crippen LogP contribution in [0.15, 0.2) is 12.1 Å². The van der Waals surface area contributed by atoms with E-state index in [0.29, 0.717) is 0 Å². The minimum absolute atomic E-state index is 0.108. The van der Waals surface area contributed by atoms with E-state index in [9.17, 15) is 4.79 Å². The Morgan fingerprint density at radius 3 is 2.32 bits per heavy atom. The van der Waals surface area contributed by atoms with E-state index in [0.717, 1.165) is 43.1 Å². The molecule has 1 heterocycles. The van der Waals surface area contributed by atoms with Crippen molar-refractivity contribution in [2.45, 2.75) is 40.7 Å². The molecule has 1 fully saturated rings. The molecule has 1 N–H and O–H groups in total. The molecule has 0 radical (unpaired) electrons. The molecule has 0 saturated carbocycles. The molecule has 0 aliphatic carbocycles. The Labute approximate surface area is 133 Å². The minimum atomic E-state index is -0.419. The van der Waals surface area contributed by atoms with Gasteiger partial charge in [-0.15, -0.1) is 0 Å². The highest BCUT2D eigenvalue weighted by Crippen LogP contribution is 2.28. The summed E-state index contributed by atoms with van der Waals surface area (Å²) in [5.74, 6) is 1.11. The van der Waals surface area contributed by atoms with Gasteiger partial charge in [0.2, 0.25) is 0 Å². The molecule has 1 atom stereocenters. The molecule has 0 spiro atoms. The van der Waals surface area contributed by atoms with E-state index in [4.69, 9.17) is 4.74 Å². The fourth-order valence-electron chi connectivity index (χ4n) is 2.77. The molecule has 122 valence electrons. The van der Waals surface area contributed by atoms with Crippen LogP contribution in [-0.2, 0) is 4.79 Å². The quantitative estimate of drug-likeness (QED) is 0.929. The van der Waals surface area contributed by atoms with Gasteiger partial charge in [-0.1, -0.05) is 26.0 Å². The maximum absolute atomic E-state index is 12.8. The number of nitrogens with zero attached hydrogens (tertiary/aromatic N) is 1. The maximum Gasteiger partial charge on any atom is 0.264 e. The van der Waals surface area contributed by atoms with Gasteiger partial charge in [-0.25, -0.2) is 0 Å². The SMILES string of the molecule is Cc1ccc(C)c(OC(C(=O)N2CCNCC2)C(C)C)c1C. The number of nitrogens with one attached hydrogen (secondary N) is 1. The van der Waals surface area contributed by atoms with Crippen molar-refractivity contribution in [3.05, 3.63) is 28.8 Å². The predicted octanol–water partition coefficient (Wildman–Crippen LogP) is 2.45. The van der Waals surface area contributed by atoms with Crippen molar-refractivity contribution in [2.75, 3.05) is 26.2 Å². The predicted molar refractivity (Wildman–Crippen MR) is 89.4 cm³/mol. The molecule has 22 heavy (non-hydrogen) atoms. The fourth-order valence-corrected chi connectivity index (χ4v) is 2.77. The molecule has 4 heteroatoms. The van der Waals surface area contributed by atoms with Gasteiger partial charge in [-0.3, -0.25) is 4.79 Å². The number of hydrogen-bond donors (Lipinski definition) is 1. The molecule has 1 saturated heterocycles. The van der Waals surface area contributed by atoms with E-state index < -0.39 is 6.10 Å². The van der Waals surface area contributed by atoms with Gasteiger partial charge >= 0.3 is 0 Å². The average Bonchev–Trinajstić information content (AvgIpc) is 2.51. The topological polar surface area (TPSA) is 41.6 Å². The van der Waals surface area contributed by atoms with Crippen LogP contribution in [0.3, 0.4) is 0 Å². The van der Waals surface area contributed by atoms with Crippen LogP contribution in [0.5, 0.6) is 5.75 Å². The highest BCUT2D eigenvalue weighted by Gasteiger charge is 2.30. The zero-order valence-corrected chi connectivity index (χ0v) is 14.4. The highest BCUT2D eigenvalue weighted by atomic mass is 16.5. The van der Waals surface area contributed by atoms with Gasteiger partial charge in [0.15, 0.2) is 6.10 Å². The molecule has 1 aliphatic heterocycles. The molecule has 0 aromatic heterocycles. The van der Waals surface area contributed by atoms with Gasteiger partial charge in [0.1, 0.15) is 5.75 Å². The van der Waals surface area contributed by atoms with E-state index in [1.165, 1.54) is 5.56 Å². The van der Waals surface area contributed by atoms with E-state index in [-0.39, 0.29) is 11.8 Å². The van der Waals surface area contributed by atoms with Crippen LogP contribution in [0.25, 0.3) is 0 Å². The van der Waals surface area contributed by atoms with E-state index in [1.807, 2.05) is 25.7 Å². The largest absolute Gasteiger partial charge is 0.480 e. The minimum Gasteiger partial charge on any atom is -0.480 e. The van der Waals surface area contributed by atoms with Gasteiger partial charge in [-0.2, -0.15) is 0 Å². The van der Waals surface area contributed by atoms with E-state index >= 15 is 0 Å². The number of piperazine rings is 1. The van der Waals surface area contributed by atoms with Gasteiger partial charge in [0.25, 0.3) is 5.91 Å². The second kappa shape index (κ2) is 7.14. The number of aryl methyl sites for hydroxylation is 2. The first-order valence-corrected chi connectivity index (χ1v) is 8.14. The van der Waals surface area contributed by atoms with Crippen LogP contribution in [0.4, 0.5) is 0 Å². The first kappa shape index (κ1) is 16.8. The number of carbonyl (C=O) groups excluding carboxylic acids is 1. The van der Waals surface area contributed by atoms with Crippen molar-refractivity contribution >= 4 is 5.91 Å². The monoisotopic (exact) mass is 304 g/mol. The van der Waals surface area contributed by atoms with Crippen LogP contribution in [0.1, 0.15) is 30.5 Å². The van der Waals surface area contributed by atoms with Crippen LogP contribution in [0, 0.1) is 26.7 Å².